The molecule has 1 saturated carbocycles. The SMILES string of the molecule is Clc1occc1-c1cnc(CCCNC2CC2)o1. The zero-order chi connectivity index (χ0) is 12.4. The van der Waals surface area contributed by atoms with Gasteiger partial charge in [0.25, 0.3) is 0 Å². The molecule has 2 heterocycles. The molecule has 1 aliphatic carbocycles. The molecule has 18 heavy (non-hydrogen) atoms. The Morgan fingerprint density at radius 3 is 3.06 bits per heavy atom. The molecule has 0 amide bonds. The van der Waals surface area contributed by atoms with E-state index in [4.69, 9.17) is 20.4 Å². The number of aromatic nitrogens is 1. The molecule has 0 saturated heterocycles. The molecular formula is C13H15ClN2O2. The minimum absolute atomic E-state index is 0.341. The molecule has 0 radical (unpaired) electrons. The van der Waals surface area contributed by atoms with Gasteiger partial charge in [0.15, 0.2) is 11.7 Å². The Kier molecular flexibility index (Phi) is 3.39. The zero-order valence-electron chi connectivity index (χ0n) is 9.99. The van der Waals surface area contributed by atoms with Gasteiger partial charge in [-0.1, -0.05) is 0 Å². The van der Waals surface area contributed by atoms with Crippen molar-refractivity contribution in [3.8, 4) is 11.3 Å². The van der Waals surface area contributed by atoms with Crippen LogP contribution in [0.2, 0.25) is 5.22 Å². The predicted octanol–water partition coefficient (Wildman–Crippen LogP) is 3.27. The van der Waals surface area contributed by atoms with Crippen molar-refractivity contribution in [2.24, 2.45) is 0 Å². The highest BCUT2D eigenvalue weighted by atomic mass is 35.5. The van der Waals surface area contributed by atoms with Crippen molar-refractivity contribution in [2.45, 2.75) is 31.7 Å². The van der Waals surface area contributed by atoms with Gasteiger partial charge in [-0.3, -0.25) is 0 Å². The normalized spacial score (nSPS) is 15.2. The fourth-order valence-corrected chi connectivity index (χ4v) is 2.06. The first kappa shape index (κ1) is 11.8. The molecule has 0 aromatic carbocycles. The minimum atomic E-state index is 0.341. The Balaban J connectivity index is 1.54. The van der Waals surface area contributed by atoms with Crippen LogP contribution in [0.4, 0.5) is 0 Å². The van der Waals surface area contributed by atoms with Crippen molar-refractivity contribution in [1.29, 1.82) is 0 Å². The third kappa shape index (κ3) is 2.76. The summed E-state index contributed by atoms with van der Waals surface area (Å²) in [5.41, 5.74) is 0.756. The number of hydrogen-bond donors (Lipinski definition) is 1. The summed E-state index contributed by atoms with van der Waals surface area (Å²) in [5.74, 6) is 1.42. The second-order valence-electron chi connectivity index (χ2n) is 4.56. The lowest BCUT2D eigenvalue weighted by Gasteiger charge is -1.99. The zero-order valence-corrected chi connectivity index (χ0v) is 10.7. The molecule has 1 N–H and O–H groups in total. The quantitative estimate of drug-likeness (QED) is 0.816. The highest BCUT2D eigenvalue weighted by Gasteiger charge is 2.19. The number of hydrogen-bond acceptors (Lipinski definition) is 4. The van der Waals surface area contributed by atoms with Crippen molar-refractivity contribution in [3.05, 3.63) is 29.6 Å². The number of nitrogens with zero attached hydrogens (tertiary/aromatic N) is 1. The van der Waals surface area contributed by atoms with Crippen molar-refractivity contribution in [3.63, 3.8) is 0 Å². The van der Waals surface area contributed by atoms with Crippen LogP contribution in [0.5, 0.6) is 0 Å². The molecule has 96 valence electrons. The molecule has 0 spiro atoms. The smallest absolute Gasteiger partial charge is 0.204 e. The first-order chi connectivity index (χ1) is 8.83. The molecule has 4 nitrogen and oxygen atoms in total. The van der Waals surface area contributed by atoms with Gasteiger partial charge in [-0.05, 0) is 43.5 Å². The molecule has 1 aliphatic rings. The monoisotopic (exact) mass is 266 g/mol. The van der Waals surface area contributed by atoms with Crippen LogP contribution in [0.1, 0.15) is 25.2 Å². The highest BCUT2D eigenvalue weighted by Crippen LogP contribution is 2.29. The summed E-state index contributed by atoms with van der Waals surface area (Å²) >= 11 is 5.89. The van der Waals surface area contributed by atoms with E-state index in [0.29, 0.717) is 11.0 Å². The molecule has 3 rings (SSSR count). The second-order valence-corrected chi connectivity index (χ2v) is 4.90. The minimum Gasteiger partial charge on any atom is -0.452 e. The van der Waals surface area contributed by atoms with Crippen LogP contribution < -0.4 is 5.32 Å². The van der Waals surface area contributed by atoms with E-state index in [1.54, 1.807) is 18.5 Å². The first-order valence-electron chi connectivity index (χ1n) is 6.24. The van der Waals surface area contributed by atoms with E-state index in [2.05, 4.69) is 10.3 Å². The highest BCUT2D eigenvalue weighted by molar-refractivity contribution is 6.31. The third-order valence-electron chi connectivity index (χ3n) is 3.01. The fraction of sp³-hybridized carbons (Fsp3) is 0.462. The van der Waals surface area contributed by atoms with Crippen molar-refractivity contribution >= 4 is 11.6 Å². The number of halogens is 1. The summed E-state index contributed by atoms with van der Waals surface area (Å²) < 4.78 is 10.7. The van der Waals surface area contributed by atoms with Crippen LogP contribution >= 0.6 is 11.6 Å². The Hall–Kier alpha value is -1.26. The van der Waals surface area contributed by atoms with Gasteiger partial charge in [-0.25, -0.2) is 4.98 Å². The third-order valence-corrected chi connectivity index (χ3v) is 3.31. The van der Waals surface area contributed by atoms with E-state index in [1.807, 2.05) is 0 Å². The maximum absolute atomic E-state index is 5.89. The number of rotatable bonds is 6. The Bertz CT molecular complexity index is 517. The van der Waals surface area contributed by atoms with Gasteiger partial charge in [-0.2, -0.15) is 0 Å². The topological polar surface area (TPSA) is 51.2 Å². The molecule has 0 unspecified atom stereocenters. The lowest BCUT2D eigenvalue weighted by molar-refractivity contribution is 0.490. The van der Waals surface area contributed by atoms with Crippen molar-refractivity contribution < 1.29 is 8.83 Å². The second kappa shape index (κ2) is 5.16. The fourth-order valence-electron chi connectivity index (χ4n) is 1.85. The van der Waals surface area contributed by atoms with E-state index >= 15 is 0 Å². The van der Waals surface area contributed by atoms with Gasteiger partial charge >= 0.3 is 0 Å². The number of aryl methyl sites for hydroxylation is 1. The lowest BCUT2D eigenvalue weighted by Crippen LogP contribution is -2.17. The van der Waals surface area contributed by atoms with E-state index in [9.17, 15) is 0 Å². The molecule has 5 heteroatoms. The van der Waals surface area contributed by atoms with Crippen LogP contribution in [0, 0.1) is 0 Å². The molecule has 2 aromatic rings. The number of nitrogens with one attached hydrogen (secondary N) is 1. The van der Waals surface area contributed by atoms with Gasteiger partial charge in [0.2, 0.25) is 5.22 Å². The summed E-state index contributed by atoms with van der Waals surface area (Å²) in [6, 6.07) is 2.54. The standard InChI is InChI=1S/C13H15ClN2O2/c14-13-10(5-7-17-13)11-8-16-12(18-11)2-1-6-15-9-3-4-9/h5,7-9,15H,1-4,6H2. The van der Waals surface area contributed by atoms with Crippen LogP contribution in [-0.4, -0.2) is 17.6 Å². The Morgan fingerprint density at radius 1 is 1.44 bits per heavy atom. The number of oxazole rings is 1. The van der Waals surface area contributed by atoms with Gasteiger partial charge in [-0.15, -0.1) is 0 Å². The predicted molar refractivity (Wildman–Crippen MR) is 68.6 cm³/mol. The lowest BCUT2D eigenvalue weighted by atomic mass is 10.3. The van der Waals surface area contributed by atoms with Crippen LogP contribution in [0.25, 0.3) is 11.3 Å². The van der Waals surface area contributed by atoms with Gasteiger partial charge in [0.05, 0.1) is 18.0 Å². The molecular weight excluding hydrogens is 252 g/mol. The van der Waals surface area contributed by atoms with Crippen LogP contribution in [0.3, 0.4) is 0 Å². The molecule has 0 atom stereocenters. The summed E-state index contributed by atoms with van der Waals surface area (Å²) in [7, 11) is 0. The van der Waals surface area contributed by atoms with Crippen molar-refractivity contribution in [1.82, 2.24) is 10.3 Å². The van der Waals surface area contributed by atoms with Gasteiger partial charge in [0.1, 0.15) is 0 Å². The van der Waals surface area contributed by atoms with E-state index in [-0.39, 0.29) is 0 Å². The van der Waals surface area contributed by atoms with E-state index < -0.39 is 0 Å². The maximum Gasteiger partial charge on any atom is 0.204 e. The molecule has 2 aromatic heterocycles. The summed E-state index contributed by atoms with van der Waals surface area (Å²) in [5, 5.41) is 3.81. The van der Waals surface area contributed by atoms with Crippen molar-refractivity contribution in [2.75, 3.05) is 6.54 Å². The van der Waals surface area contributed by atoms with Crippen LogP contribution in [0.15, 0.2) is 27.4 Å². The van der Waals surface area contributed by atoms with Gasteiger partial charge < -0.3 is 14.2 Å². The van der Waals surface area contributed by atoms with Gasteiger partial charge in [0, 0.05) is 12.5 Å². The summed E-state index contributed by atoms with van der Waals surface area (Å²) in [6.07, 6.45) is 7.76. The largest absolute Gasteiger partial charge is 0.452 e. The van der Waals surface area contributed by atoms with E-state index in [1.165, 1.54) is 12.8 Å². The molecule has 1 fully saturated rings. The summed E-state index contributed by atoms with van der Waals surface area (Å²) in [6.45, 7) is 1.02. The average Bonchev–Trinajstić information content (AvgIpc) is 2.90. The summed E-state index contributed by atoms with van der Waals surface area (Å²) in [4.78, 5) is 4.25. The number of furan rings is 1. The Morgan fingerprint density at radius 2 is 2.33 bits per heavy atom. The molecule has 0 bridgehead atoms. The average molecular weight is 267 g/mol. The first-order valence-corrected chi connectivity index (χ1v) is 6.62. The van der Waals surface area contributed by atoms with E-state index in [0.717, 1.165) is 36.9 Å². The maximum atomic E-state index is 5.89. The Labute approximate surface area is 110 Å². The van der Waals surface area contributed by atoms with Crippen LogP contribution in [-0.2, 0) is 6.42 Å². The molecule has 0 aliphatic heterocycles.